The van der Waals surface area contributed by atoms with Crippen molar-refractivity contribution in [3.63, 3.8) is 0 Å². The standard InChI is InChI=1S/C29H34O9/c1-4-6-18-12-23-24(32)13-20(8-11-28(33)34)38-27(23)14-26(18)37-16-19(31)15-36-25-10-9-21(17(3)30)29(35)22(25)7-5-2/h9-10,12-14,19,31,35H,4-8,11,15-16H2,1-3H3,(H,33,34). The lowest BCUT2D eigenvalue weighted by atomic mass is 10.0. The van der Waals surface area contributed by atoms with Gasteiger partial charge in [0.1, 0.15) is 47.9 Å². The van der Waals surface area contributed by atoms with Crippen LogP contribution in [-0.4, -0.2) is 46.4 Å². The fraction of sp³-hybridized carbons (Fsp3) is 0.414. The molecule has 204 valence electrons. The summed E-state index contributed by atoms with van der Waals surface area (Å²) in [5.41, 5.74) is 1.55. The van der Waals surface area contributed by atoms with Gasteiger partial charge in [0.25, 0.3) is 0 Å². The molecule has 9 nitrogen and oxygen atoms in total. The number of Topliss-reactive ketones (excluding diaryl/α,β-unsaturated/α-hetero) is 1. The summed E-state index contributed by atoms with van der Waals surface area (Å²) in [6, 6.07) is 7.73. The molecule has 38 heavy (non-hydrogen) atoms. The molecule has 3 rings (SSSR count). The first-order valence-corrected chi connectivity index (χ1v) is 12.7. The molecule has 2 aromatic carbocycles. The molecule has 0 spiro atoms. The second-order valence-electron chi connectivity index (χ2n) is 9.20. The summed E-state index contributed by atoms with van der Waals surface area (Å²) in [5, 5.41) is 30.4. The molecule has 1 heterocycles. The van der Waals surface area contributed by atoms with Crippen molar-refractivity contribution >= 4 is 22.7 Å². The normalized spacial score (nSPS) is 11.9. The third-order valence-corrected chi connectivity index (χ3v) is 6.05. The maximum Gasteiger partial charge on any atom is 0.303 e. The van der Waals surface area contributed by atoms with Gasteiger partial charge in [-0.15, -0.1) is 0 Å². The summed E-state index contributed by atoms with van der Waals surface area (Å²) in [5.74, 6) is -0.226. The number of phenols is 1. The van der Waals surface area contributed by atoms with Crippen molar-refractivity contribution in [2.24, 2.45) is 0 Å². The summed E-state index contributed by atoms with van der Waals surface area (Å²) in [4.78, 5) is 35.3. The average molecular weight is 527 g/mol. The minimum atomic E-state index is -1.02. The number of aliphatic carboxylic acids is 1. The van der Waals surface area contributed by atoms with Crippen molar-refractivity contribution in [3.05, 3.63) is 63.0 Å². The Balaban J connectivity index is 1.76. The molecule has 0 fully saturated rings. The number of aliphatic hydroxyl groups is 1. The number of carbonyl (C=O) groups is 2. The van der Waals surface area contributed by atoms with Crippen molar-refractivity contribution in [1.82, 2.24) is 0 Å². The van der Waals surface area contributed by atoms with Crippen molar-refractivity contribution in [2.75, 3.05) is 13.2 Å². The Morgan fingerprint density at radius 1 is 0.974 bits per heavy atom. The van der Waals surface area contributed by atoms with Crippen LogP contribution >= 0.6 is 0 Å². The van der Waals surface area contributed by atoms with E-state index < -0.39 is 12.1 Å². The van der Waals surface area contributed by atoms with E-state index in [0.29, 0.717) is 35.3 Å². The Hall–Kier alpha value is -3.85. The number of aromatic hydroxyl groups is 1. The fourth-order valence-electron chi connectivity index (χ4n) is 4.18. The highest BCUT2D eigenvalue weighted by Gasteiger charge is 2.18. The van der Waals surface area contributed by atoms with E-state index >= 15 is 0 Å². The molecule has 0 saturated carbocycles. The smallest absolute Gasteiger partial charge is 0.303 e. The number of hydrogen-bond donors (Lipinski definition) is 3. The molecule has 0 aliphatic carbocycles. The molecule has 3 N–H and O–H groups in total. The largest absolute Gasteiger partial charge is 0.507 e. The topological polar surface area (TPSA) is 144 Å². The molecule has 0 saturated heterocycles. The van der Waals surface area contributed by atoms with E-state index in [4.69, 9.17) is 19.0 Å². The fourth-order valence-corrected chi connectivity index (χ4v) is 4.18. The van der Waals surface area contributed by atoms with E-state index in [1.165, 1.54) is 19.1 Å². The van der Waals surface area contributed by atoms with Crippen LogP contribution in [0.25, 0.3) is 11.0 Å². The van der Waals surface area contributed by atoms with Gasteiger partial charge in [0, 0.05) is 24.1 Å². The first-order valence-electron chi connectivity index (χ1n) is 12.7. The summed E-state index contributed by atoms with van der Waals surface area (Å²) < 4.78 is 17.4. The number of hydrogen-bond acceptors (Lipinski definition) is 8. The highest BCUT2D eigenvalue weighted by Crippen LogP contribution is 2.33. The predicted molar refractivity (Wildman–Crippen MR) is 142 cm³/mol. The third kappa shape index (κ3) is 7.13. The van der Waals surface area contributed by atoms with Crippen molar-refractivity contribution < 1.29 is 38.8 Å². The van der Waals surface area contributed by atoms with E-state index in [2.05, 4.69) is 0 Å². The van der Waals surface area contributed by atoms with Gasteiger partial charge in [0.05, 0.1) is 17.4 Å². The molecule has 9 heteroatoms. The lowest BCUT2D eigenvalue weighted by molar-refractivity contribution is -0.137. The van der Waals surface area contributed by atoms with E-state index in [-0.39, 0.29) is 59.9 Å². The highest BCUT2D eigenvalue weighted by molar-refractivity contribution is 5.97. The zero-order valence-electron chi connectivity index (χ0n) is 21.9. The third-order valence-electron chi connectivity index (χ3n) is 6.05. The Kier molecular flexibility index (Phi) is 9.90. The number of ether oxygens (including phenoxy) is 2. The predicted octanol–water partition coefficient (Wildman–Crippen LogP) is 4.44. The number of carbonyl (C=O) groups excluding carboxylic acids is 1. The van der Waals surface area contributed by atoms with Crippen LogP contribution in [-0.2, 0) is 24.1 Å². The molecule has 1 atom stereocenters. The lowest BCUT2D eigenvalue weighted by Crippen LogP contribution is -2.25. The molecular weight excluding hydrogens is 492 g/mol. The lowest BCUT2D eigenvalue weighted by Gasteiger charge is -2.18. The first-order chi connectivity index (χ1) is 18.1. The van der Waals surface area contributed by atoms with Gasteiger partial charge in [0.2, 0.25) is 0 Å². The molecule has 0 bridgehead atoms. The number of phenolic OH excluding ortho intramolecular Hbond substituents is 1. The quantitative estimate of drug-likeness (QED) is 0.260. The zero-order chi connectivity index (χ0) is 27.8. The highest BCUT2D eigenvalue weighted by atomic mass is 16.5. The van der Waals surface area contributed by atoms with Gasteiger partial charge in [0.15, 0.2) is 11.2 Å². The van der Waals surface area contributed by atoms with E-state index in [9.17, 15) is 24.6 Å². The maximum atomic E-state index is 12.6. The van der Waals surface area contributed by atoms with Gasteiger partial charge >= 0.3 is 5.97 Å². The molecule has 0 radical (unpaired) electrons. The number of ketones is 1. The van der Waals surface area contributed by atoms with Crippen LogP contribution in [0, 0.1) is 0 Å². The number of fused-ring (bicyclic) bond motifs is 1. The van der Waals surface area contributed by atoms with Gasteiger partial charge in [-0.1, -0.05) is 26.7 Å². The monoisotopic (exact) mass is 526 g/mol. The number of aliphatic hydroxyl groups excluding tert-OH is 1. The van der Waals surface area contributed by atoms with Crippen LogP contribution in [0.5, 0.6) is 17.2 Å². The molecule has 1 aromatic heterocycles. The summed E-state index contributed by atoms with van der Waals surface area (Å²) in [7, 11) is 0. The minimum Gasteiger partial charge on any atom is -0.507 e. The second-order valence-corrected chi connectivity index (χ2v) is 9.20. The van der Waals surface area contributed by atoms with Crippen molar-refractivity contribution in [2.45, 2.75) is 65.4 Å². The number of carboxylic acids is 1. The average Bonchev–Trinajstić information content (AvgIpc) is 2.87. The van der Waals surface area contributed by atoms with Crippen LogP contribution in [0.3, 0.4) is 0 Å². The van der Waals surface area contributed by atoms with Crippen LogP contribution in [0.2, 0.25) is 0 Å². The van der Waals surface area contributed by atoms with Gasteiger partial charge in [-0.3, -0.25) is 14.4 Å². The van der Waals surface area contributed by atoms with E-state index in [1.807, 2.05) is 13.8 Å². The Labute approximate surface area is 220 Å². The SMILES string of the molecule is CCCc1cc2c(=O)cc(CCC(=O)O)oc2cc1OCC(O)COc1ccc(C(C)=O)c(O)c1CCC. The van der Waals surface area contributed by atoms with Gasteiger partial charge in [-0.2, -0.15) is 0 Å². The molecular formula is C29H34O9. The number of rotatable bonds is 14. The van der Waals surface area contributed by atoms with E-state index in [1.54, 1.807) is 18.2 Å². The van der Waals surface area contributed by atoms with E-state index in [0.717, 1.165) is 18.4 Å². The number of aryl methyl sites for hydroxylation is 2. The van der Waals surface area contributed by atoms with Gasteiger partial charge < -0.3 is 29.2 Å². The molecule has 0 aliphatic rings. The minimum absolute atomic E-state index is 0.0897. The summed E-state index contributed by atoms with van der Waals surface area (Å²) >= 11 is 0. The van der Waals surface area contributed by atoms with Crippen LogP contribution in [0.4, 0.5) is 0 Å². The van der Waals surface area contributed by atoms with Crippen molar-refractivity contribution in [1.29, 1.82) is 0 Å². The van der Waals surface area contributed by atoms with Crippen molar-refractivity contribution in [3.8, 4) is 17.2 Å². The zero-order valence-corrected chi connectivity index (χ0v) is 21.9. The molecule has 3 aromatic rings. The van der Waals surface area contributed by atoms with Crippen LogP contribution in [0.1, 0.15) is 67.3 Å². The van der Waals surface area contributed by atoms with Crippen LogP contribution in [0.15, 0.2) is 39.5 Å². The Bertz CT molecular complexity index is 1360. The Morgan fingerprint density at radius 2 is 1.66 bits per heavy atom. The van der Waals surface area contributed by atoms with Gasteiger partial charge in [-0.05, 0) is 43.5 Å². The van der Waals surface area contributed by atoms with Gasteiger partial charge in [-0.25, -0.2) is 0 Å². The first kappa shape index (κ1) is 28.7. The molecule has 1 unspecified atom stereocenters. The number of carboxylic acid groups (broad SMARTS) is 1. The summed E-state index contributed by atoms with van der Waals surface area (Å²) in [6.07, 6.45) is 1.59. The Morgan fingerprint density at radius 3 is 2.29 bits per heavy atom. The summed E-state index contributed by atoms with van der Waals surface area (Å²) in [6.45, 7) is 5.11. The molecule has 0 amide bonds. The molecule has 0 aliphatic heterocycles. The maximum absolute atomic E-state index is 12.6. The van der Waals surface area contributed by atoms with Crippen LogP contribution < -0.4 is 14.9 Å². The second kappa shape index (κ2) is 13.1. The number of benzene rings is 2.